The summed E-state index contributed by atoms with van der Waals surface area (Å²) in [5.74, 6) is -1.41. The molecule has 0 spiro atoms. The van der Waals surface area contributed by atoms with E-state index in [9.17, 15) is 45.6 Å². The molecule has 0 bridgehead atoms. The number of phenolic OH excluding ortho intramolecular Hbond substituents is 2. The van der Waals surface area contributed by atoms with Gasteiger partial charge in [0.2, 0.25) is 6.29 Å². The van der Waals surface area contributed by atoms with E-state index in [1.165, 1.54) is 25.3 Å². The van der Waals surface area contributed by atoms with Gasteiger partial charge in [0, 0.05) is 12.1 Å². The Balaban J connectivity index is 1.41. The summed E-state index contributed by atoms with van der Waals surface area (Å²) in [6.45, 7) is 0.953. The molecule has 0 aromatic heterocycles. The molecule has 1 aliphatic carbocycles. The predicted molar refractivity (Wildman–Crippen MR) is 144 cm³/mol. The number of carbonyl (C=O) groups is 1. The Hall–Kier alpha value is -3.21. The van der Waals surface area contributed by atoms with Crippen molar-refractivity contribution in [3.05, 3.63) is 41.5 Å². The number of aromatic hydroxyl groups is 2. The quantitative estimate of drug-likeness (QED) is 0.199. The average Bonchev–Trinajstić information content (AvgIpc) is 2.97. The van der Waals surface area contributed by atoms with Crippen LogP contribution in [0.1, 0.15) is 41.8 Å². The number of rotatable bonds is 7. The summed E-state index contributed by atoms with van der Waals surface area (Å²) in [6.07, 6.45) is -13.8. The number of aliphatic hydroxyl groups is 6. The smallest absolute Gasteiger partial charge is 0.229 e. The molecule has 0 amide bonds. The van der Waals surface area contributed by atoms with Gasteiger partial charge in [-0.05, 0) is 30.0 Å². The third-order valence-corrected chi connectivity index (χ3v) is 8.22. The van der Waals surface area contributed by atoms with E-state index in [1.54, 1.807) is 13.0 Å². The Morgan fingerprint density at radius 3 is 2.35 bits per heavy atom. The number of benzene rings is 2. The van der Waals surface area contributed by atoms with Crippen molar-refractivity contribution < 1.29 is 69.3 Å². The van der Waals surface area contributed by atoms with Gasteiger partial charge in [0.15, 0.2) is 17.3 Å². The third-order valence-electron chi connectivity index (χ3n) is 8.22. The van der Waals surface area contributed by atoms with Crippen LogP contribution in [0, 0.1) is 5.92 Å². The van der Waals surface area contributed by atoms with Gasteiger partial charge in [0.25, 0.3) is 0 Å². The van der Waals surface area contributed by atoms with E-state index in [0.29, 0.717) is 5.56 Å². The average molecular weight is 609 g/mol. The predicted octanol–water partition coefficient (Wildman–Crippen LogP) is -0.493. The third kappa shape index (κ3) is 5.97. The van der Waals surface area contributed by atoms with Crippen LogP contribution in [0.4, 0.5) is 0 Å². The van der Waals surface area contributed by atoms with Crippen molar-refractivity contribution in [3.63, 3.8) is 0 Å². The summed E-state index contributed by atoms with van der Waals surface area (Å²) in [6, 6.07) is 6.98. The first kappa shape index (κ1) is 31.2. The number of hydrogen-bond donors (Lipinski definition) is 8. The van der Waals surface area contributed by atoms with E-state index in [1.807, 2.05) is 0 Å². The molecule has 5 rings (SSSR count). The first-order valence-electron chi connectivity index (χ1n) is 13.9. The zero-order valence-electron chi connectivity index (χ0n) is 23.4. The van der Waals surface area contributed by atoms with Gasteiger partial charge in [-0.2, -0.15) is 0 Å². The molecule has 2 fully saturated rings. The molecule has 2 aromatic carbocycles. The lowest BCUT2D eigenvalue weighted by molar-refractivity contribution is -0.307. The topological polar surface area (TPSA) is 225 Å². The van der Waals surface area contributed by atoms with Crippen molar-refractivity contribution in [3.8, 4) is 28.7 Å². The summed E-state index contributed by atoms with van der Waals surface area (Å²) >= 11 is 0. The number of fused-ring (bicyclic) bond motifs is 1. The van der Waals surface area contributed by atoms with E-state index < -0.39 is 85.3 Å². The van der Waals surface area contributed by atoms with Crippen LogP contribution < -0.4 is 14.2 Å². The number of methoxy groups -OCH3 is 1. The fourth-order valence-electron chi connectivity index (χ4n) is 5.75. The molecule has 43 heavy (non-hydrogen) atoms. The maximum Gasteiger partial charge on any atom is 0.229 e. The molecule has 14 nitrogen and oxygen atoms in total. The lowest BCUT2D eigenvalue weighted by Crippen LogP contribution is -2.63. The highest BCUT2D eigenvalue weighted by atomic mass is 16.7. The minimum absolute atomic E-state index is 0.0345. The van der Waals surface area contributed by atoms with Gasteiger partial charge in [-0.15, -0.1) is 0 Å². The van der Waals surface area contributed by atoms with Crippen molar-refractivity contribution in [1.82, 2.24) is 0 Å². The van der Waals surface area contributed by atoms with E-state index in [-0.39, 0.29) is 41.4 Å². The number of carbonyl (C=O) groups excluding carboxylic acids is 1. The lowest BCUT2D eigenvalue weighted by atomic mass is 9.81. The summed E-state index contributed by atoms with van der Waals surface area (Å²) in [7, 11) is 1.40. The monoisotopic (exact) mass is 608 g/mol. The van der Waals surface area contributed by atoms with Crippen LogP contribution in [0.3, 0.4) is 0 Å². The minimum atomic E-state index is -1.68. The highest BCUT2D eigenvalue weighted by molar-refractivity contribution is 6.02. The number of ether oxygens (including phenoxy) is 5. The molecule has 0 radical (unpaired) electrons. The van der Waals surface area contributed by atoms with Gasteiger partial charge in [-0.25, -0.2) is 0 Å². The number of aliphatic hydroxyl groups excluding tert-OH is 6. The SMILES string of the molecule is COc1ccc([C@@H]2CC(=O)c3c(O)cc(OC4OC(CO)C(O)C(O)C4OC4CC(C)C(O)C(O)C4O)cc3O2)cc1O. The molecule has 10 unspecified atom stereocenters. The summed E-state index contributed by atoms with van der Waals surface area (Å²) in [5, 5.41) is 82.9. The second kappa shape index (κ2) is 12.4. The first-order valence-corrected chi connectivity index (χ1v) is 13.9. The van der Waals surface area contributed by atoms with Gasteiger partial charge < -0.3 is 64.5 Å². The van der Waals surface area contributed by atoms with Crippen LogP contribution in [0.5, 0.6) is 28.7 Å². The lowest BCUT2D eigenvalue weighted by Gasteiger charge is -2.45. The summed E-state index contributed by atoms with van der Waals surface area (Å²) in [5.41, 5.74) is 0.386. The molecule has 2 aromatic rings. The Morgan fingerprint density at radius 2 is 1.67 bits per heavy atom. The first-order chi connectivity index (χ1) is 20.4. The van der Waals surface area contributed by atoms with Crippen molar-refractivity contribution in [2.24, 2.45) is 5.92 Å². The van der Waals surface area contributed by atoms with Crippen LogP contribution >= 0.6 is 0 Å². The van der Waals surface area contributed by atoms with Crippen LogP contribution in [0.25, 0.3) is 0 Å². The van der Waals surface area contributed by atoms with E-state index in [2.05, 4.69) is 0 Å². The zero-order valence-corrected chi connectivity index (χ0v) is 23.4. The fraction of sp³-hybridized carbons (Fsp3) is 0.552. The molecule has 1 saturated heterocycles. The Labute approximate surface area is 246 Å². The highest BCUT2D eigenvalue weighted by Crippen LogP contribution is 2.44. The summed E-state index contributed by atoms with van der Waals surface area (Å²) in [4.78, 5) is 13.0. The number of Topliss-reactive ketones (excluding diaryl/α,β-unsaturated/α-hetero) is 1. The van der Waals surface area contributed by atoms with Crippen LogP contribution in [0.15, 0.2) is 30.3 Å². The van der Waals surface area contributed by atoms with Crippen molar-refractivity contribution in [2.45, 2.75) is 81.0 Å². The second-order valence-electron chi connectivity index (χ2n) is 11.1. The van der Waals surface area contributed by atoms with Gasteiger partial charge >= 0.3 is 0 Å². The van der Waals surface area contributed by atoms with Crippen LogP contribution in [-0.4, -0.2) is 115 Å². The molecule has 236 valence electrons. The molecule has 14 heteroatoms. The molecule has 11 atom stereocenters. The largest absolute Gasteiger partial charge is 0.507 e. The van der Waals surface area contributed by atoms with Crippen LogP contribution in [-0.2, 0) is 9.47 Å². The zero-order chi connectivity index (χ0) is 31.2. The second-order valence-corrected chi connectivity index (χ2v) is 11.1. The van der Waals surface area contributed by atoms with Gasteiger partial charge in [-0.1, -0.05) is 13.0 Å². The highest BCUT2D eigenvalue weighted by Gasteiger charge is 2.50. The van der Waals surface area contributed by atoms with Crippen LogP contribution in [0.2, 0.25) is 0 Å². The maximum atomic E-state index is 13.0. The fourth-order valence-corrected chi connectivity index (χ4v) is 5.75. The van der Waals surface area contributed by atoms with Gasteiger partial charge in [0.1, 0.15) is 65.5 Å². The van der Waals surface area contributed by atoms with E-state index in [0.717, 1.165) is 6.07 Å². The molecule has 2 heterocycles. The van der Waals surface area contributed by atoms with Crippen molar-refractivity contribution >= 4 is 5.78 Å². The van der Waals surface area contributed by atoms with E-state index in [4.69, 9.17) is 23.7 Å². The van der Waals surface area contributed by atoms with Gasteiger partial charge in [-0.3, -0.25) is 4.79 Å². The number of ketones is 1. The van der Waals surface area contributed by atoms with Crippen molar-refractivity contribution in [1.29, 1.82) is 0 Å². The Morgan fingerprint density at radius 1 is 0.930 bits per heavy atom. The standard InChI is InChI=1S/C29H36O14/c1-11-5-20(24(35)26(37)23(11)34)42-28-27(38)25(36)21(10-30)43-29(28)40-13-7-15(32)22-16(33)9-18(41-19(22)8-13)12-3-4-17(39-2)14(31)6-12/h3-4,6-8,11,18,20-21,23-32,34-38H,5,9-10H2,1-2H3/t11?,18-,20?,21?,23?,24?,25?,26?,27?,28?,29?/m0/s1. The molecule has 3 aliphatic rings. The Bertz CT molecular complexity index is 1320. The minimum Gasteiger partial charge on any atom is -0.507 e. The van der Waals surface area contributed by atoms with E-state index >= 15 is 0 Å². The Kier molecular flexibility index (Phi) is 9.02. The number of phenols is 2. The molecular weight excluding hydrogens is 572 g/mol. The molecule has 1 saturated carbocycles. The van der Waals surface area contributed by atoms with Gasteiger partial charge in [0.05, 0.1) is 32.3 Å². The number of hydrogen-bond acceptors (Lipinski definition) is 14. The maximum absolute atomic E-state index is 13.0. The molecule has 8 N–H and O–H groups in total. The molecule has 2 aliphatic heterocycles. The molecular formula is C29H36O14. The normalized spacial score (nSPS) is 36.0. The van der Waals surface area contributed by atoms with Crippen molar-refractivity contribution in [2.75, 3.05) is 13.7 Å². The summed E-state index contributed by atoms with van der Waals surface area (Å²) < 4.78 is 28.6.